The number of anilines is 1. The van der Waals surface area contributed by atoms with Crippen LogP contribution in [0.3, 0.4) is 0 Å². The van der Waals surface area contributed by atoms with Gasteiger partial charge in [0, 0.05) is 18.2 Å². The first kappa shape index (κ1) is 15.6. The zero-order valence-electron chi connectivity index (χ0n) is 13.8. The highest BCUT2D eigenvalue weighted by Crippen LogP contribution is 2.31. The van der Waals surface area contributed by atoms with E-state index in [1.807, 2.05) is 35.2 Å². The van der Waals surface area contributed by atoms with E-state index < -0.39 is 0 Å². The maximum absolute atomic E-state index is 12.8. The van der Waals surface area contributed by atoms with Crippen LogP contribution >= 0.6 is 0 Å². The van der Waals surface area contributed by atoms with Gasteiger partial charge in [-0.3, -0.25) is 4.79 Å². The lowest BCUT2D eigenvalue weighted by atomic mass is 9.96. The first-order valence-electron chi connectivity index (χ1n) is 8.22. The maximum Gasteiger partial charge on any atom is 0.227 e. The summed E-state index contributed by atoms with van der Waals surface area (Å²) in [5, 5.41) is 0. The van der Waals surface area contributed by atoms with E-state index in [-0.39, 0.29) is 11.9 Å². The molecule has 120 valence electrons. The van der Waals surface area contributed by atoms with Crippen molar-refractivity contribution in [3.63, 3.8) is 0 Å². The molecule has 1 aliphatic rings. The van der Waals surface area contributed by atoms with Crippen LogP contribution in [0.5, 0.6) is 5.75 Å². The largest absolute Gasteiger partial charge is 0.497 e. The van der Waals surface area contributed by atoms with Gasteiger partial charge in [-0.2, -0.15) is 0 Å². The molecule has 3 heteroatoms. The second kappa shape index (κ2) is 6.86. The first-order valence-corrected chi connectivity index (χ1v) is 8.22. The Morgan fingerprint density at radius 3 is 2.65 bits per heavy atom. The summed E-state index contributed by atoms with van der Waals surface area (Å²) in [5.74, 6) is 1.05. The molecular formula is C20H23NO2. The molecule has 0 spiro atoms. The predicted molar refractivity (Wildman–Crippen MR) is 93.0 cm³/mol. The molecule has 23 heavy (non-hydrogen) atoms. The topological polar surface area (TPSA) is 29.5 Å². The number of fused-ring (bicyclic) bond motifs is 1. The second-order valence-corrected chi connectivity index (χ2v) is 6.13. The van der Waals surface area contributed by atoms with Gasteiger partial charge < -0.3 is 9.64 Å². The lowest BCUT2D eigenvalue weighted by Gasteiger charge is -2.35. The van der Waals surface area contributed by atoms with Gasteiger partial charge in [-0.25, -0.2) is 0 Å². The highest BCUT2D eigenvalue weighted by molar-refractivity contribution is 5.95. The first-order chi connectivity index (χ1) is 11.2. The summed E-state index contributed by atoms with van der Waals surface area (Å²) >= 11 is 0. The third kappa shape index (κ3) is 3.39. The number of aryl methyl sites for hydroxylation is 2. The highest BCUT2D eigenvalue weighted by Gasteiger charge is 2.27. The van der Waals surface area contributed by atoms with Crippen LogP contribution in [0.25, 0.3) is 0 Å². The molecule has 3 nitrogen and oxygen atoms in total. The molecule has 3 rings (SSSR count). The number of benzene rings is 2. The number of para-hydroxylation sites is 1. The number of ether oxygens (including phenoxy) is 1. The summed E-state index contributed by atoms with van der Waals surface area (Å²) in [6, 6.07) is 16.5. The Labute approximate surface area is 137 Å². The fraction of sp³-hybridized carbons (Fsp3) is 0.350. The van der Waals surface area contributed by atoms with Crippen LogP contribution in [-0.2, 0) is 17.6 Å². The van der Waals surface area contributed by atoms with Crippen LogP contribution in [-0.4, -0.2) is 19.1 Å². The Morgan fingerprint density at radius 1 is 1.17 bits per heavy atom. The van der Waals surface area contributed by atoms with E-state index in [4.69, 9.17) is 4.74 Å². The fourth-order valence-electron chi connectivity index (χ4n) is 3.23. The number of methoxy groups -OCH3 is 1. The Hall–Kier alpha value is -2.29. The normalized spacial score (nSPS) is 16.8. The lowest BCUT2D eigenvalue weighted by Crippen LogP contribution is -2.42. The van der Waals surface area contributed by atoms with E-state index in [0.29, 0.717) is 6.42 Å². The summed E-state index contributed by atoms with van der Waals surface area (Å²) in [6.07, 6.45) is 3.38. The number of carbonyl (C=O) groups is 1. The number of hydrogen-bond donors (Lipinski definition) is 0. The van der Waals surface area contributed by atoms with Crippen molar-refractivity contribution in [3.8, 4) is 5.75 Å². The summed E-state index contributed by atoms with van der Waals surface area (Å²) in [4.78, 5) is 14.8. The van der Waals surface area contributed by atoms with Crippen LogP contribution in [0.1, 0.15) is 30.9 Å². The van der Waals surface area contributed by atoms with Gasteiger partial charge >= 0.3 is 0 Å². The van der Waals surface area contributed by atoms with Gasteiger partial charge in [-0.05, 0) is 55.5 Å². The van der Waals surface area contributed by atoms with Crippen LogP contribution in [0.2, 0.25) is 0 Å². The molecule has 1 heterocycles. The SMILES string of the molecule is COc1ccc(CCC(=O)N2c3ccccc3CCC2C)cc1. The van der Waals surface area contributed by atoms with Gasteiger partial charge in [-0.15, -0.1) is 0 Å². The molecule has 0 radical (unpaired) electrons. The Kier molecular flexibility index (Phi) is 4.65. The quantitative estimate of drug-likeness (QED) is 0.854. The van der Waals surface area contributed by atoms with Crippen molar-refractivity contribution < 1.29 is 9.53 Å². The average Bonchev–Trinajstić information content (AvgIpc) is 2.60. The van der Waals surface area contributed by atoms with Gasteiger partial charge in [0.05, 0.1) is 7.11 Å². The summed E-state index contributed by atoms with van der Waals surface area (Å²) < 4.78 is 5.17. The number of amides is 1. The lowest BCUT2D eigenvalue weighted by molar-refractivity contribution is -0.119. The van der Waals surface area contributed by atoms with Crippen molar-refractivity contribution in [2.75, 3.05) is 12.0 Å². The van der Waals surface area contributed by atoms with E-state index in [1.165, 1.54) is 5.56 Å². The Bertz CT molecular complexity index is 678. The molecule has 1 amide bonds. The number of nitrogens with zero attached hydrogens (tertiary/aromatic N) is 1. The van der Waals surface area contributed by atoms with Crippen molar-refractivity contribution in [1.29, 1.82) is 0 Å². The Morgan fingerprint density at radius 2 is 1.91 bits per heavy atom. The number of hydrogen-bond acceptors (Lipinski definition) is 2. The molecule has 2 aromatic carbocycles. The van der Waals surface area contributed by atoms with Gasteiger partial charge in [-0.1, -0.05) is 30.3 Å². The van der Waals surface area contributed by atoms with Crippen molar-refractivity contribution in [1.82, 2.24) is 0 Å². The van der Waals surface area contributed by atoms with Crippen molar-refractivity contribution in [2.45, 2.75) is 38.6 Å². The van der Waals surface area contributed by atoms with Gasteiger partial charge in [0.25, 0.3) is 0 Å². The van der Waals surface area contributed by atoms with E-state index in [1.54, 1.807) is 7.11 Å². The molecule has 0 saturated carbocycles. The highest BCUT2D eigenvalue weighted by atomic mass is 16.5. The molecule has 0 aliphatic carbocycles. The van der Waals surface area contributed by atoms with E-state index >= 15 is 0 Å². The van der Waals surface area contributed by atoms with Crippen molar-refractivity contribution >= 4 is 11.6 Å². The second-order valence-electron chi connectivity index (χ2n) is 6.13. The molecule has 1 aliphatic heterocycles. The van der Waals surface area contributed by atoms with E-state index in [9.17, 15) is 4.79 Å². The minimum atomic E-state index is 0.209. The zero-order valence-corrected chi connectivity index (χ0v) is 13.8. The van der Waals surface area contributed by atoms with Gasteiger partial charge in [0.2, 0.25) is 5.91 Å². The molecule has 0 fully saturated rings. The molecule has 1 unspecified atom stereocenters. The van der Waals surface area contributed by atoms with Crippen molar-refractivity contribution in [3.05, 3.63) is 59.7 Å². The fourth-order valence-corrected chi connectivity index (χ4v) is 3.23. The van der Waals surface area contributed by atoms with E-state index in [0.717, 1.165) is 36.3 Å². The van der Waals surface area contributed by atoms with Crippen LogP contribution < -0.4 is 9.64 Å². The summed E-state index contributed by atoms with van der Waals surface area (Å²) in [6.45, 7) is 2.14. The van der Waals surface area contributed by atoms with Gasteiger partial charge in [0.1, 0.15) is 5.75 Å². The van der Waals surface area contributed by atoms with Crippen LogP contribution in [0.4, 0.5) is 5.69 Å². The third-order valence-electron chi connectivity index (χ3n) is 4.58. The zero-order chi connectivity index (χ0) is 16.2. The maximum atomic E-state index is 12.8. The number of rotatable bonds is 4. The Balaban J connectivity index is 1.70. The average molecular weight is 309 g/mol. The predicted octanol–water partition coefficient (Wildman–Crippen LogP) is 4.00. The molecule has 0 aromatic heterocycles. The summed E-state index contributed by atoms with van der Waals surface area (Å²) in [7, 11) is 1.66. The van der Waals surface area contributed by atoms with Crippen LogP contribution in [0.15, 0.2) is 48.5 Å². The molecular weight excluding hydrogens is 286 g/mol. The standard InChI is InChI=1S/C20H23NO2/c1-15-7-11-17-5-3-4-6-19(17)21(15)20(22)14-10-16-8-12-18(23-2)13-9-16/h3-6,8-9,12-13,15H,7,10-11,14H2,1-2H3. The molecule has 1 atom stereocenters. The van der Waals surface area contributed by atoms with E-state index in [2.05, 4.69) is 25.1 Å². The smallest absolute Gasteiger partial charge is 0.227 e. The number of carbonyl (C=O) groups excluding carboxylic acids is 1. The van der Waals surface area contributed by atoms with Crippen molar-refractivity contribution in [2.24, 2.45) is 0 Å². The minimum absolute atomic E-state index is 0.209. The molecule has 2 aromatic rings. The van der Waals surface area contributed by atoms with Gasteiger partial charge in [0.15, 0.2) is 0 Å². The molecule has 0 bridgehead atoms. The monoisotopic (exact) mass is 309 g/mol. The third-order valence-corrected chi connectivity index (χ3v) is 4.58. The molecule has 0 N–H and O–H groups in total. The summed E-state index contributed by atoms with van der Waals surface area (Å²) in [5.41, 5.74) is 3.53. The van der Waals surface area contributed by atoms with Crippen LogP contribution in [0, 0.1) is 0 Å². The molecule has 0 saturated heterocycles. The minimum Gasteiger partial charge on any atom is -0.497 e.